The fourth-order valence-electron chi connectivity index (χ4n) is 2.14. The lowest BCUT2D eigenvalue weighted by Gasteiger charge is -2.19. The molecule has 0 amide bonds. The second kappa shape index (κ2) is 7.68. The average Bonchev–Trinajstić information content (AvgIpc) is 2.38. The van der Waals surface area contributed by atoms with Crippen molar-refractivity contribution in [2.45, 2.75) is 46.1 Å². The fraction of sp³-hybridized carbons (Fsp3) is 0.500. The molecule has 110 valence electrons. The van der Waals surface area contributed by atoms with Gasteiger partial charge in [-0.2, -0.15) is 0 Å². The third kappa shape index (κ3) is 4.68. The molecule has 0 bridgehead atoms. The molecule has 0 aliphatic rings. The van der Waals surface area contributed by atoms with Gasteiger partial charge in [0, 0.05) is 0 Å². The lowest BCUT2D eigenvalue weighted by Crippen LogP contribution is -2.21. The van der Waals surface area contributed by atoms with Crippen LogP contribution in [-0.4, -0.2) is 23.1 Å². The molecule has 4 nitrogen and oxygen atoms in total. The van der Waals surface area contributed by atoms with Gasteiger partial charge in [-0.05, 0) is 30.9 Å². The van der Waals surface area contributed by atoms with Gasteiger partial charge in [0.05, 0.1) is 11.1 Å². The summed E-state index contributed by atoms with van der Waals surface area (Å²) in [5.41, 5.74) is 0.0992. The molecule has 4 heteroatoms. The molecule has 0 aliphatic heterocycles. The van der Waals surface area contributed by atoms with E-state index in [4.69, 9.17) is 9.84 Å². The summed E-state index contributed by atoms with van der Waals surface area (Å²) in [6.07, 6.45) is 2.34. The molecule has 20 heavy (non-hydrogen) atoms. The number of benzene rings is 1. The highest BCUT2D eigenvalue weighted by Gasteiger charge is 2.21. The Labute approximate surface area is 119 Å². The Bertz CT molecular complexity index is 465. The largest absolute Gasteiger partial charge is 0.478 e. The van der Waals surface area contributed by atoms with Crippen molar-refractivity contribution in [3.05, 3.63) is 35.4 Å². The third-order valence-electron chi connectivity index (χ3n) is 3.00. The van der Waals surface area contributed by atoms with Gasteiger partial charge < -0.3 is 9.84 Å². The van der Waals surface area contributed by atoms with Gasteiger partial charge >= 0.3 is 11.9 Å². The van der Waals surface area contributed by atoms with Gasteiger partial charge in [0.1, 0.15) is 6.10 Å². The summed E-state index contributed by atoms with van der Waals surface area (Å²) in [6.45, 7) is 6.18. The van der Waals surface area contributed by atoms with E-state index in [1.54, 1.807) is 12.1 Å². The van der Waals surface area contributed by atoms with Crippen LogP contribution in [0.25, 0.3) is 0 Å². The molecule has 1 aromatic rings. The predicted octanol–water partition coefficient (Wildman–Crippen LogP) is 3.76. The van der Waals surface area contributed by atoms with E-state index in [1.807, 2.05) is 6.92 Å². The summed E-state index contributed by atoms with van der Waals surface area (Å²) in [5, 5.41) is 9.09. The molecule has 1 N–H and O–H groups in total. The maximum Gasteiger partial charge on any atom is 0.339 e. The smallest absolute Gasteiger partial charge is 0.339 e. The molecular weight excluding hydrogens is 256 g/mol. The SMILES string of the molecule is CCC[C@H](CC(C)C)OC(=O)c1ccccc1C(=O)O. The molecule has 1 aromatic carbocycles. The first-order valence-electron chi connectivity index (χ1n) is 6.99. The number of rotatable bonds is 7. The van der Waals surface area contributed by atoms with Crippen LogP contribution in [0.1, 0.15) is 60.7 Å². The Morgan fingerprint density at radius 2 is 1.80 bits per heavy atom. The number of carboxylic acids is 1. The van der Waals surface area contributed by atoms with Crippen molar-refractivity contribution >= 4 is 11.9 Å². The minimum atomic E-state index is -1.12. The zero-order valence-electron chi connectivity index (χ0n) is 12.3. The number of hydrogen-bond acceptors (Lipinski definition) is 3. The van der Waals surface area contributed by atoms with Crippen molar-refractivity contribution in [2.75, 3.05) is 0 Å². The molecule has 0 heterocycles. The van der Waals surface area contributed by atoms with Gasteiger partial charge in [-0.1, -0.05) is 39.3 Å². The van der Waals surface area contributed by atoms with E-state index >= 15 is 0 Å². The quantitative estimate of drug-likeness (QED) is 0.771. The second-order valence-corrected chi connectivity index (χ2v) is 5.30. The van der Waals surface area contributed by atoms with Gasteiger partial charge in [-0.15, -0.1) is 0 Å². The maximum atomic E-state index is 12.2. The standard InChI is InChI=1S/C16H22O4/c1-4-7-12(10-11(2)3)20-16(19)14-9-6-5-8-13(14)15(17)18/h5-6,8-9,11-12H,4,7,10H2,1-3H3,(H,17,18)/t12-/m1/s1. The third-order valence-corrected chi connectivity index (χ3v) is 3.00. The Balaban J connectivity index is 2.86. The number of carbonyl (C=O) groups excluding carboxylic acids is 1. The van der Waals surface area contributed by atoms with Crippen LogP contribution in [0, 0.1) is 5.92 Å². The van der Waals surface area contributed by atoms with Crippen molar-refractivity contribution in [1.29, 1.82) is 0 Å². The molecule has 0 fully saturated rings. The van der Waals surface area contributed by atoms with Crippen molar-refractivity contribution in [3.8, 4) is 0 Å². The first kappa shape index (κ1) is 16.2. The summed E-state index contributed by atoms with van der Waals surface area (Å²) in [6, 6.07) is 6.14. The van der Waals surface area contributed by atoms with Crippen LogP contribution in [0.5, 0.6) is 0 Å². The lowest BCUT2D eigenvalue weighted by atomic mass is 10.0. The predicted molar refractivity (Wildman–Crippen MR) is 77.0 cm³/mol. The van der Waals surface area contributed by atoms with Crippen molar-refractivity contribution in [1.82, 2.24) is 0 Å². The van der Waals surface area contributed by atoms with Gasteiger partial charge in [0.15, 0.2) is 0 Å². The normalized spacial score (nSPS) is 12.2. The maximum absolute atomic E-state index is 12.2. The van der Waals surface area contributed by atoms with Crippen molar-refractivity contribution in [2.24, 2.45) is 5.92 Å². The summed E-state index contributed by atoms with van der Waals surface area (Å²) in [5.74, 6) is -1.25. The van der Waals surface area contributed by atoms with E-state index in [2.05, 4.69) is 13.8 Å². The van der Waals surface area contributed by atoms with Crippen LogP contribution in [-0.2, 0) is 4.74 Å². The van der Waals surface area contributed by atoms with Gasteiger partial charge in [0.25, 0.3) is 0 Å². The van der Waals surface area contributed by atoms with E-state index in [9.17, 15) is 9.59 Å². The number of aromatic carboxylic acids is 1. The van der Waals surface area contributed by atoms with Crippen LogP contribution in [0.4, 0.5) is 0 Å². The van der Waals surface area contributed by atoms with Crippen LogP contribution in [0.2, 0.25) is 0 Å². The van der Waals surface area contributed by atoms with Crippen LogP contribution < -0.4 is 0 Å². The van der Waals surface area contributed by atoms with Gasteiger partial charge in [-0.25, -0.2) is 9.59 Å². The summed E-state index contributed by atoms with van der Waals surface area (Å²) in [4.78, 5) is 23.3. The molecule has 1 rings (SSSR count). The highest BCUT2D eigenvalue weighted by atomic mass is 16.5. The highest BCUT2D eigenvalue weighted by molar-refractivity contribution is 6.02. The number of carboxylic acid groups (broad SMARTS) is 1. The minimum absolute atomic E-state index is 0.0164. The summed E-state index contributed by atoms with van der Waals surface area (Å²) in [7, 11) is 0. The van der Waals surface area contributed by atoms with E-state index in [0.29, 0.717) is 5.92 Å². The Morgan fingerprint density at radius 3 is 2.30 bits per heavy atom. The molecule has 0 unspecified atom stereocenters. The highest BCUT2D eigenvalue weighted by Crippen LogP contribution is 2.17. The minimum Gasteiger partial charge on any atom is -0.478 e. The summed E-state index contributed by atoms with van der Waals surface area (Å²) >= 11 is 0. The van der Waals surface area contributed by atoms with Crippen LogP contribution in [0.15, 0.2) is 24.3 Å². The Morgan fingerprint density at radius 1 is 1.20 bits per heavy atom. The van der Waals surface area contributed by atoms with Crippen LogP contribution in [0.3, 0.4) is 0 Å². The fourth-order valence-corrected chi connectivity index (χ4v) is 2.14. The topological polar surface area (TPSA) is 63.6 Å². The number of carbonyl (C=O) groups is 2. The van der Waals surface area contributed by atoms with E-state index in [-0.39, 0.29) is 17.2 Å². The first-order valence-corrected chi connectivity index (χ1v) is 6.99. The molecule has 0 spiro atoms. The molecule has 0 saturated heterocycles. The zero-order valence-corrected chi connectivity index (χ0v) is 12.3. The molecule has 1 atom stereocenters. The monoisotopic (exact) mass is 278 g/mol. The van der Waals surface area contributed by atoms with Gasteiger partial charge in [0.2, 0.25) is 0 Å². The van der Waals surface area contributed by atoms with Crippen LogP contribution >= 0.6 is 0 Å². The molecule has 0 radical (unpaired) electrons. The average molecular weight is 278 g/mol. The zero-order chi connectivity index (χ0) is 15.1. The number of esters is 1. The van der Waals surface area contributed by atoms with E-state index in [0.717, 1.165) is 19.3 Å². The molecule has 0 aromatic heterocycles. The lowest BCUT2D eigenvalue weighted by molar-refractivity contribution is 0.0225. The van der Waals surface area contributed by atoms with Crippen molar-refractivity contribution in [3.63, 3.8) is 0 Å². The molecular formula is C16H22O4. The van der Waals surface area contributed by atoms with E-state index in [1.165, 1.54) is 12.1 Å². The number of hydrogen-bond donors (Lipinski definition) is 1. The Hall–Kier alpha value is -1.84. The molecule has 0 aliphatic carbocycles. The summed E-state index contributed by atoms with van der Waals surface area (Å²) < 4.78 is 5.48. The first-order chi connectivity index (χ1) is 9.45. The van der Waals surface area contributed by atoms with Gasteiger partial charge in [-0.3, -0.25) is 0 Å². The second-order valence-electron chi connectivity index (χ2n) is 5.30. The Kier molecular flexibility index (Phi) is 6.22. The van der Waals surface area contributed by atoms with E-state index < -0.39 is 11.9 Å². The molecule has 0 saturated carbocycles. The number of ether oxygens (including phenoxy) is 1. The van der Waals surface area contributed by atoms with Crippen molar-refractivity contribution < 1.29 is 19.4 Å².